The highest BCUT2D eigenvalue weighted by Gasteiger charge is 2.08. The lowest BCUT2D eigenvalue weighted by Crippen LogP contribution is -2.04. The molecule has 0 saturated heterocycles. The summed E-state index contributed by atoms with van der Waals surface area (Å²) in [6, 6.07) is 2.07. The number of hydrogen-bond acceptors (Lipinski definition) is 4. The van der Waals surface area contributed by atoms with Crippen LogP contribution < -0.4 is 5.32 Å². The van der Waals surface area contributed by atoms with Crippen LogP contribution in [-0.4, -0.2) is 16.5 Å². The van der Waals surface area contributed by atoms with Crippen LogP contribution in [0.1, 0.15) is 11.8 Å². The molecule has 84 valence electrons. The Morgan fingerprint density at radius 2 is 2.31 bits per heavy atom. The lowest BCUT2D eigenvalue weighted by Gasteiger charge is -2.06. The third-order valence-electron chi connectivity index (χ3n) is 2.05. The minimum atomic E-state index is 0.276. The number of fused-ring (bicyclic) bond motifs is 1. The maximum absolute atomic E-state index is 5.87. The molecule has 5 heteroatoms. The van der Waals surface area contributed by atoms with E-state index in [0.29, 0.717) is 6.54 Å². The molecule has 0 spiro atoms. The van der Waals surface area contributed by atoms with E-state index >= 15 is 0 Å². The SMILES string of the molecule is C=C(C)CNc1nc(Cl)nc2sc(C)cc12. The van der Waals surface area contributed by atoms with Crippen LogP contribution in [0.4, 0.5) is 5.82 Å². The summed E-state index contributed by atoms with van der Waals surface area (Å²) in [5, 5.41) is 4.51. The van der Waals surface area contributed by atoms with E-state index in [4.69, 9.17) is 11.6 Å². The second kappa shape index (κ2) is 4.39. The maximum atomic E-state index is 5.87. The highest BCUT2D eigenvalue weighted by molar-refractivity contribution is 7.18. The molecule has 0 saturated carbocycles. The van der Waals surface area contributed by atoms with Crippen LogP contribution in [0.15, 0.2) is 18.2 Å². The van der Waals surface area contributed by atoms with Gasteiger partial charge in [0.05, 0.1) is 5.39 Å². The van der Waals surface area contributed by atoms with E-state index < -0.39 is 0 Å². The van der Waals surface area contributed by atoms with Crippen molar-refractivity contribution >= 4 is 39.0 Å². The summed E-state index contributed by atoms with van der Waals surface area (Å²) < 4.78 is 0. The van der Waals surface area contributed by atoms with Crippen LogP contribution in [0, 0.1) is 6.92 Å². The van der Waals surface area contributed by atoms with Crippen LogP contribution in [0.3, 0.4) is 0 Å². The van der Waals surface area contributed by atoms with E-state index in [2.05, 4.69) is 27.9 Å². The summed E-state index contributed by atoms with van der Waals surface area (Å²) in [5.41, 5.74) is 1.05. The summed E-state index contributed by atoms with van der Waals surface area (Å²) in [6.45, 7) is 8.54. The summed E-state index contributed by atoms with van der Waals surface area (Å²) in [5.74, 6) is 0.780. The number of nitrogens with zero attached hydrogens (tertiary/aromatic N) is 2. The molecular weight excluding hydrogens is 242 g/mol. The molecule has 0 aliphatic rings. The van der Waals surface area contributed by atoms with Crippen LogP contribution in [-0.2, 0) is 0 Å². The van der Waals surface area contributed by atoms with Gasteiger partial charge in [0.2, 0.25) is 5.28 Å². The van der Waals surface area contributed by atoms with Crippen molar-refractivity contribution in [2.45, 2.75) is 13.8 Å². The fourth-order valence-corrected chi connectivity index (χ4v) is 2.48. The van der Waals surface area contributed by atoms with Gasteiger partial charge in [-0.05, 0) is 31.5 Å². The van der Waals surface area contributed by atoms with Gasteiger partial charge < -0.3 is 5.32 Å². The average Bonchev–Trinajstić information content (AvgIpc) is 2.54. The first-order valence-electron chi connectivity index (χ1n) is 4.88. The van der Waals surface area contributed by atoms with Crippen molar-refractivity contribution in [1.29, 1.82) is 0 Å². The molecule has 0 fully saturated rings. The number of rotatable bonds is 3. The molecule has 0 bridgehead atoms. The monoisotopic (exact) mass is 253 g/mol. The van der Waals surface area contributed by atoms with Crippen LogP contribution in [0.25, 0.3) is 10.2 Å². The van der Waals surface area contributed by atoms with Gasteiger partial charge in [-0.3, -0.25) is 0 Å². The Labute approximate surface area is 103 Å². The Morgan fingerprint density at radius 1 is 1.56 bits per heavy atom. The zero-order valence-corrected chi connectivity index (χ0v) is 10.7. The summed E-state index contributed by atoms with van der Waals surface area (Å²) in [6.07, 6.45) is 0. The molecule has 0 amide bonds. The molecule has 1 N–H and O–H groups in total. The predicted octanol–water partition coefficient (Wildman–Crippen LogP) is 3.64. The normalized spacial score (nSPS) is 10.7. The van der Waals surface area contributed by atoms with Crippen LogP contribution in [0.5, 0.6) is 0 Å². The second-order valence-electron chi connectivity index (χ2n) is 3.73. The fourth-order valence-electron chi connectivity index (χ4n) is 1.39. The van der Waals surface area contributed by atoms with Gasteiger partial charge in [-0.1, -0.05) is 12.2 Å². The highest BCUT2D eigenvalue weighted by Crippen LogP contribution is 2.29. The van der Waals surface area contributed by atoms with E-state index in [1.165, 1.54) is 4.88 Å². The minimum Gasteiger partial charge on any atom is -0.366 e. The second-order valence-corrected chi connectivity index (χ2v) is 5.30. The summed E-state index contributed by atoms with van der Waals surface area (Å²) in [7, 11) is 0. The van der Waals surface area contributed by atoms with Crippen molar-refractivity contribution in [2.24, 2.45) is 0 Å². The van der Waals surface area contributed by atoms with Gasteiger partial charge in [0.15, 0.2) is 0 Å². The molecule has 2 aromatic rings. The van der Waals surface area contributed by atoms with E-state index in [1.54, 1.807) is 11.3 Å². The number of anilines is 1. The van der Waals surface area contributed by atoms with Crippen molar-refractivity contribution in [3.05, 3.63) is 28.4 Å². The Bertz CT molecular complexity index is 547. The molecule has 0 atom stereocenters. The Morgan fingerprint density at radius 3 is 3.00 bits per heavy atom. The van der Waals surface area contributed by atoms with Crippen molar-refractivity contribution in [3.8, 4) is 0 Å². The van der Waals surface area contributed by atoms with E-state index in [0.717, 1.165) is 21.6 Å². The maximum Gasteiger partial charge on any atom is 0.225 e. The molecule has 0 unspecified atom stereocenters. The van der Waals surface area contributed by atoms with Gasteiger partial charge in [-0.25, -0.2) is 9.97 Å². The van der Waals surface area contributed by atoms with Crippen molar-refractivity contribution in [1.82, 2.24) is 9.97 Å². The summed E-state index contributed by atoms with van der Waals surface area (Å²) in [4.78, 5) is 10.5. The van der Waals surface area contributed by atoms with Crippen molar-refractivity contribution in [3.63, 3.8) is 0 Å². The molecule has 0 aromatic carbocycles. The minimum absolute atomic E-state index is 0.276. The fraction of sp³-hybridized carbons (Fsp3) is 0.273. The topological polar surface area (TPSA) is 37.8 Å². The number of aromatic nitrogens is 2. The summed E-state index contributed by atoms with van der Waals surface area (Å²) >= 11 is 7.49. The third-order valence-corrected chi connectivity index (χ3v) is 3.16. The molecule has 2 rings (SSSR count). The quantitative estimate of drug-likeness (QED) is 0.670. The van der Waals surface area contributed by atoms with Gasteiger partial charge in [-0.2, -0.15) is 0 Å². The van der Waals surface area contributed by atoms with Gasteiger partial charge in [0, 0.05) is 11.4 Å². The van der Waals surface area contributed by atoms with Crippen LogP contribution >= 0.6 is 22.9 Å². The first-order valence-corrected chi connectivity index (χ1v) is 6.07. The molecule has 2 aromatic heterocycles. The highest BCUT2D eigenvalue weighted by atomic mass is 35.5. The van der Waals surface area contributed by atoms with E-state index in [-0.39, 0.29) is 5.28 Å². The zero-order chi connectivity index (χ0) is 11.7. The number of thiophene rings is 1. The first kappa shape index (κ1) is 11.4. The average molecular weight is 254 g/mol. The predicted molar refractivity (Wildman–Crippen MR) is 70.5 cm³/mol. The Balaban J connectivity index is 2.45. The van der Waals surface area contributed by atoms with Crippen molar-refractivity contribution in [2.75, 3.05) is 11.9 Å². The molecule has 2 heterocycles. The Hall–Kier alpha value is -1.13. The molecular formula is C11H12ClN3S. The molecule has 0 aliphatic carbocycles. The Kier molecular flexibility index (Phi) is 3.12. The van der Waals surface area contributed by atoms with Crippen LogP contribution in [0.2, 0.25) is 5.28 Å². The largest absolute Gasteiger partial charge is 0.366 e. The number of nitrogens with one attached hydrogen (secondary N) is 1. The van der Waals surface area contributed by atoms with Gasteiger partial charge in [0.1, 0.15) is 10.6 Å². The van der Waals surface area contributed by atoms with Gasteiger partial charge in [-0.15, -0.1) is 11.3 Å². The van der Waals surface area contributed by atoms with E-state index in [9.17, 15) is 0 Å². The van der Waals surface area contributed by atoms with Gasteiger partial charge >= 0.3 is 0 Å². The molecule has 0 aliphatic heterocycles. The molecule has 0 radical (unpaired) electrons. The number of aryl methyl sites for hydroxylation is 1. The number of hydrogen-bond donors (Lipinski definition) is 1. The van der Waals surface area contributed by atoms with Crippen molar-refractivity contribution < 1.29 is 0 Å². The molecule has 3 nitrogen and oxygen atoms in total. The first-order chi connectivity index (χ1) is 7.56. The third kappa shape index (κ3) is 2.33. The van der Waals surface area contributed by atoms with Gasteiger partial charge in [0.25, 0.3) is 0 Å². The lowest BCUT2D eigenvalue weighted by molar-refractivity contribution is 1.15. The number of halogens is 1. The smallest absolute Gasteiger partial charge is 0.225 e. The standard InChI is InChI=1S/C11H12ClN3S/c1-6(2)5-13-9-8-4-7(3)16-10(8)15-11(12)14-9/h4H,1,5H2,2-3H3,(H,13,14,15). The van der Waals surface area contributed by atoms with E-state index in [1.807, 2.05) is 13.8 Å². The zero-order valence-electron chi connectivity index (χ0n) is 9.17. The molecule has 16 heavy (non-hydrogen) atoms. The lowest BCUT2D eigenvalue weighted by atomic mass is 10.3.